The molecular formula is C59H36N4S. The molecule has 0 fully saturated rings. The Morgan fingerprint density at radius 1 is 0.312 bits per heavy atom. The van der Waals surface area contributed by atoms with Crippen molar-refractivity contribution in [1.82, 2.24) is 19.5 Å². The van der Waals surface area contributed by atoms with Crippen LogP contribution in [-0.2, 0) is 0 Å². The summed E-state index contributed by atoms with van der Waals surface area (Å²) in [5, 5.41) is 9.61. The summed E-state index contributed by atoms with van der Waals surface area (Å²) in [5.74, 6) is 1.86. The number of hydrogen-bond donors (Lipinski definition) is 0. The second-order valence-corrected chi connectivity index (χ2v) is 17.4. The SMILES string of the molecule is c1ccc(-c2ccc(-c3nc(-c4ccc(-c5cccc6c5sc5ccccc56)cc4)nc(-c4cc5ccccc5c5ccccc45)n3)cc2-n2c3ccccc3c3ccccc32)cc1. The molecule has 64 heavy (non-hydrogen) atoms. The van der Waals surface area contributed by atoms with Gasteiger partial charge in [-0.05, 0) is 68.6 Å². The van der Waals surface area contributed by atoms with E-state index in [-0.39, 0.29) is 0 Å². The van der Waals surface area contributed by atoms with Gasteiger partial charge in [-0.15, -0.1) is 11.3 Å². The molecule has 298 valence electrons. The molecule has 3 heterocycles. The Labute approximate surface area is 373 Å². The lowest BCUT2D eigenvalue weighted by Crippen LogP contribution is -2.02. The van der Waals surface area contributed by atoms with Crippen molar-refractivity contribution in [1.29, 1.82) is 0 Å². The van der Waals surface area contributed by atoms with Gasteiger partial charge in [0.15, 0.2) is 17.5 Å². The standard InChI is InChI=1S/C59H36N4S/c1-2-15-37(16-3-1)43-34-33-41(36-54(43)63-52-26-11-8-21-47(52)48-22-9-12-27-53(48)63)58-60-57(61-59(62-58)51-35-40-17-4-5-18-42(40)45-19-6-7-20-46(45)51)39-31-29-38(30-32-39)44-24-14-25-50-49-23-10-13-28-55(49)64-56(44)50/h1-36H. The van der Waals surface area contributed by atoms with Crippen molar-refractivity contribution in [3.8, 4) is 62.1 Å². The van der Waals surface area contributed by atoms with Crippen LogP contribution in [0.15, 0.2) is 218 Å². The first-order valence-corrected chi connectivity index (χ1v) is 22.4. The summed E-state index contributed by atoms with van der Waals surface area (Å²) in [6.45, 7) is 0. The monoisotopic (exact) mass is 832 g/mol. The number of fused-ring (bicyclic) bond motifs is 9. The zero-order valence-corrected chi connectivity index (χ0v) is 35.3. The van der Waals surface area contributed by atoms with Crippen molar-refractivity contribution in [2.45, 2.75) is 0 Å². The zero-order chi connectivity index (χ0) is 42.1. The third-order valence-electron chi connectivity index (χ3n) is 12.7. The van der Waals surface area contributed by atoms with Crippen LogP contribution in [0.1, 0.15) is 0 Å². The summed E-state index contributed by atoms with van der Waals surface area (Å²) in [4.78, 5) is 16.1. The van der Waals surface area contributed by atoms with Gasteiger partial charge in [-0.2, -0.15) is 0 Å². The molecule has 0 saturated carbocycles. The summed E-state index contributed by atoms with van der Waals surface area (Å²) in [5.41, 5.74) is 10.8. The second-order valence-electron chi connectivity index (χ2n) is 16.3. The zero-order valence-electron chi connectivity index (χ0n) is 34.5. The average molecular weight is 833 g/mol. The van der Waals surface area contributed by atoms with Crippen molar-refractivity contribution < 1.29 is 0 Å². The molecule has 13 rings (SSSR count). The number of rotatable bonds is 6. The molecule has 0 radical (unpaired) electrons. The largest absolute Gasteiger partial charge is 0.309 e. The van der Waals surface area contributed by atoms with Crippen molar-refractivity contribution in [3.63, 3.8) is 0 Å². The fourth-order valence-electron chi connectivity index (χ4n) is 9.67. The molecule has 0 bridgehead atoms. The number of hydrogen-bond acceptors (Lipinski definition) is 4. The Balaban J connectivity index is 1.03. The Morgan fingerprint density at radius 2 is 0.859 bits per heavy atom. The minimum Gasteiger partial charge on any atom is -0.309 e. The third-order valence-corrected chi connectivity index (χ3v) is 13.9. The van der Waals surface area contributed by atoms with Gasteiger partial charge >= 0.3 is 0 Å². The first kappa shape index (κ1) is 36.4. The van der Waals surface area contributed by atoms with E-state index < -0.39 is 0 Å². The van der Waals surface area contributed by atoms with Crippen molar-refractivity contribution in [2.24, 2.45) is 0 Å². The summed E-state index contributed by atoms with van der Waals surface area (Å²) < 4.78 is 4.99. The predicted molar refractivity (Wildman–Crippen MR) is 269 cm³/mol. The molecular weight excluding hydrogens is 797 g/mol. The Kier molecular flexibility index (Phi) is 8.36. The number of para-hydroxylation sites is 2. The first-order valence-electron chi connectivity index (χ1n) is 21.6. The lowest BCUT2D eigenvalue weighted by atomic mass is 9.96. The molecule has 13 aromatic rings. The number of aromatic nitrogens is 4. The van der Waals surface area contributed by atoms with E-state index in [9.17, 15) is 0 Å². The number of benzene rings is 10. The smallest absolute Gasteiger partial charge is 0.164 e. The van der Waals surface area contributed by atoms with Gasteiger partial charge in [-0.3, -0.25) is 0 Å². The lowest BCUT2D eigenvalue weighted by Gasteiger charge is -2.17. The van der Waals surface area contributed by atoms with E-state index in [1.165, 1.54) is 47.3 Å². The van der Waals surface area contributed by atoms with Crippen molar-refractivity contribution in [2.75, 3.05) is 0 Å². The maximum Gasteiger partial charge on any atom is 0.164 e. The number of thiophene rings is 1. The normalized spacial score (nSPS) is 11.8. The highest BCUT2D eigenvalue weighted by atomic mass is 32.1. The molecule has 0 atom stereocenters. The Morgan fingerprint density at radius 3 is 1.62 bits per heavy atom. The van der Waals surface area contributed by atoms with E-state index in [0.29, 0.717) is 17.5 Å². The Hall–Kier alpha value is -8.25. The molecule has 4 nitrogen and oxygen atoms in total. The van der Waals surface area contributed by atoms with Gasteiger partial charge in [-0.25, -0.2) is 15.0 Å². The first-order chi connectivity index (χ1) is 31.7. The van der Waals surface area contributed by atoms with Gasteiger partial charge in [0.1, 0.15) is 0 Å². The van der Waals surface area contributed by atoms with Crippen LogP contribution in [0.5, 0.6) is 0 Å². The van der Waals surface area contributed by atoms with E-state index in [2.05, 4.69) is 223 Å². The summed E-state index contributed by atoms with van der Waals surface area (Å²) >= 11 is 1.85. The third kappa shape index (κ3) is 5.86. The molecule has 0 saturated heterocycles. The van der Waals surface area contributed by atoms with Gasteiger partial charge in [0.05, 0.1) is 16.7 Å². The fourth-order valence-corrected chi connectivity index (χ4v) is 10.9. The van der Waals surface area contributed by atoms with Crippen LogP contribution in [0, 0.1) is 0 Å². The molecule has 0 N–H and O–H groups in total. The quantitative estimate of drug-likeness (QED) is 0.157. The van der Waals surface area contributed by atoms with Crippen LogP contribution in [0.2, 0.25) is 0 Å². The van der Waals surface area contributed by atoms with E-state index in [1.54, 1.807) is 0 Å². The van der Waals surface area contributed by atoms with E-state index in [4.69, 9.17) is 15.0 Å². The fraction of sp³-hybridized carbons (Fsp3) is 0. The van der Waals surface area contributed by atoms with Crippen LogP contribution < -0.4 is 0 Å². The summed E-state index contributed by atoms with van der Waals surface area (Å²) in [6.07, 6.45) is 0. The molecule has 0 aliphatic carbocycles. The van der Waals surface area contributed by atoms with Crippen molar-refractivity contribution >= 4 is 74.9 Å². The van der Waals surface area contributed by atoms with E-state index >= 15 is 0 Å². The molecule has 0 amide bonds. The number of nitrogens with zero attached hydrogens (tertiary/aromatic N) is 4. The summed E-state index contributed by atoms with van der Waals surface area (Å²) in [7, 11) is 0. The Bertz CT molecular complexity index is 3900. The minimum atomic E-state index is 0.609. The van der Waals surface area contributed by atoms with Crippen LogP contribution in [0.3, 0.4) is 0 Å². The average Bonchev–Trinajstić information content (AvgIpc) is 3.92. The van der Waals surface area contributed by atoms with Gasteiger partial charge in [0.2, 0.25) is 0 Å². The van der Waals surface area contributed by atoms with Crippen LogP contribution in [0.25, 0.3) is 126 Å². The van der Waals surface area contributed by atoms with Crippen molar-refractivity contribution in [3.05, 3.63) is 218 Å². The van der Waals surface area contributed by atoms with Gasteiger partial charge < -0.3 is 4.57 Å². The highest BCUT2D eigenvalue weighted by Crippen LogP contribution is 2.42. The lowest BCUT2D eigenvalue weighted by molar-refractivity contribution is 1.07. The minimum absolute atomic E-state index is 0.609. The highest BCUT2D eigenvalue weighted by Gasteiger charge is 2.20. The maximum absolute atomic E-state index is 5.40. The molecule has 5 heteroatoms. The molecule has 3 aromatic heterocycles. The molecule has 0 spiro atoms. The van der Waals surface area contributed by atoms with Crippen LogP contribution >= 0.6 is 11.3 Å². The molecule has 0 aliphatic rings. The van der Waals surface area contributed by atoms with Gasteiger partial charge in [-0.1, -0.05) is 188 Å². The summed E-state index contributed by atoms with van der Waals surface area (Å²) in [6, 6.07) is 78.0. The predicted octanol–water partition coefficient (Wildman–Crippen LogP) is 16.0. The maximum atomic E-state index is 5.40. The van der Waals surface area contributed by atoms with Crippen LogP contribution in [0.4, 0.5) is 0 Å². The van der Waals surface area contributed by atoms with Crippen LogP contribution in [-0.4, -0.2) is 19.5 Å². The molecule has 0 unspecified atom stereocenters. The second kappa shape index (κ2) is 14.7. The molecule has 10 aromatic carbocycles. The van der Waals surface area contributed by atoms with Gasteiger partial charge in [0.25, 0.3) is 0 Å². The highest BCUT2D eigenvalue weighted by molar-refractivity contribution is 7.26. The topological polar surface area (TPSA) is 43.6 Å². The van der Waals surface area contributed by atoms with Gasteiger partial charge in [0, 0.05) is 53.2 Å². The molecule has 0 aliphatic heterocycles. The van der Waals surface area contributed by atoms with E-state index in [0.717, 1.165) is 60.9 Å². The van der Waals surface area contributed by atoms with E-state index in [1.807, 2.05) is 11.3 Å².